The third kappa shape index (κ3) is 6.86. The summed E-state index contributed by atoms with van der Waals surface area (Å²) in [6.07, 6.45) is 8.33. The van der Waals surface area contributed by atoms with Crippen LogP contribution >= 0.6 is 15.9 Å². The average molecular weight is 221 g/mol. The minimum absolute atomic E-state index is 0.940. The normalized spacial score (nSPS) is 10.9. The number of hydrogen-bond donors (Lipinski definition) is 0. The lowest BCUT2D eigenvalue weighted by molar-refractivity contribution is 0.463. The van der Waals surface area contributed by atoms with Crippen LogP contribution in [0, 0.1) is 5.92 Å². The van der Waals surface area contributed by atoms with E-state index >= 15 is 0 Å². The molecular formula is C10H21Br. The smallest absolute Gasteiger partial charge is 0.00596 e. The fourth-order valence-electron chi connectivity index (χ4n) is 1.28. The zero-order chi connectivity index (χ0) is 8.53. The molecule has 0 aliphatic carbocycles. The molecular weight excluding hydrogens is 200 g/mol. The van der Waals surface area contributed by atoms with Gasteiger partial charge in [0, 0.05) is 5.33 Å². The van der Waals surface area contributed by atoms with Gasteiger partial charge < -0.3 is 0 Å². The van der Waals surface area contributed by atoms with Gasteiger partial charge in [-0.05, 0) is 18.8 Å². The SMILES string of the molecule is CCCCC(CBr)CCCC. The van der Waals surface area contributed by atoms with E-state index in [-0.39, 0.29) is 0 Å². The lowest BCUT2D eigenvalue weighted by Gasteiger charge is -2.11. The van der Waals surface area contributed by atoms with Gasteiger partial charge in [-0.3, -0.25) is 0 Å². The van der Waals surface area contributed by atoms with Crippen LogP contribution in [0.25, 0.3) is 0 Å². The van der Waals surface area contributed by atoms with Gasteiger partial charge in [0.1, 0.15) is 0 Å². The van der Waals surface area contributed by atoms with Crippen molar-refractivity contribution in [3.63, 3.8) is 0 Å². The molecule has 0 aromatic heterocycles. The molecule has 0 fully saturated rings. The number of hydrogen-bond acceptors (Lipinski definition) is 0. The second kappa shape index (κ2) is 8.58. The van der Waals surface area contributed by atoms with Gasteiger partial charge in [-0.25, -0.2) is 0 Å². The number of unbranched alkanes of at least 4 members (excludes halogenated alkanes) is 2. The molecule has 0 saturated heterocycles. The van der Waals surface area contributed by atoms with Crippen molar-refractivity contribution in [2.24, 2.45) is 5.92 Å². The van der Waals surface area contributed by atoms with Crippen molar-refractivity contribution in [3.8, 4) is 0 Å². The van der Waals surface area contributed by atoms with E-state index in [9.17, 15) is 0 Å². The Morgan fingerprint density at radius 1 is 1.00 bits per heavy atom. The molecule has 0 unspecified atom stereocenters. The van der Waals surface area contributed by atoms with Gasteiger partial charge in [0.05, 0.1) is 0 Å². The molecule has 0 aromatic rings. The van der Waals surface area contributed by atoms with Crippen LogP contribution in [-0.4, -0.2) is 5.33 Å². The second-order valence-electron chi connectivity index (χ2n) is 3.30. The van der Waals surface area contributed by atoms with E-state index in [4.69, 9.17) is 0 Å². The van der Waals surface area contributed by atoms with Gasteiger partial charge in [0.15, 0.2) is 0 Å². The fraction of sp³-hybridized carbons (Fsp3) is 1.00. The molecule has 0 N–H and O–H groups in total. The molecule has 0 aliphatic rings. The first kappa shape index (κ1) is 11.5. The highest BCUT2D eigenvalue weighted by molar-refractivity contribution is 9.09. The van der Waals surface area contributed by atoms with E-state index in [0.29, 0.717) is 0 Å². The summed E-state index contributed by atoms with van der Waals surface area (Å²) >= 11 is 3.58. The number of rotatable bonds is 7. The van der Waals surface area contributed by atoms with Gasteiger partial charge in [-0.2, -0.15) is 0 Å². The summed E-state index contributed by atoms with van der Waals surface area (Å²) in [5.74, 6) is 0.940. The van der Waals surface area contributed by atoms with Crippen molar-refractivity contribution in [2.45, 2.75) is 52.4 Å². The number of halogens is 1. The van der Waals surface area contributed by atoms with Crippen molar-refractivity contribution >= 4 is 15.9 Å². The van der Waals surface area contributed by atoms with Crippen molar-refractivity contribution < 1.29 is 0 Å². The Bertz CT molecular complexity index is 63.3. The average Bonchev–Trinajstić information content (AvgIpc) is 2.05. The Morgan fingerprint density at radius 2 is 1.45 bits per heavy atom. The lowest BCUT2D eigenvalue weighted by Crippen LogP contribution is -2.01. The first-order valence-electron chi connectivity index (χ1n) is 4.91. The van der Waals surface area contributed by atoms with Crippen LogP contribution in [-0.2, 0) is 0 Å². The van der Waals surface area contributed by atoms with Crippen molar-refractivity contribution in [1.82, 2.24) is 0 Å². The minimum atomic E-state index is 0.940. The predicted molar refractivity (Wildman–Crippen MR) is 56.3 cm³/mol. The molecule has 1 heteroatoms. The summed E-state index contributed by atoms with van der Waals surface area (Å²) in [4.78, 5) is 0. The molecule has 0 radical (unpaired) electrons. The zero-order valence-corrected chi connectivity index (χ0v) is 9.49. The molecule has 0 aromatic carbocycles. The molecule has 0 spiro atoms. The van der Waals surface area contributed by atoms with Crippen LogP contribution in [0.2, 0.25) is 0 Å². The van der Waals surface area contributed by atoms with Crippen molar-refractivity contribution in [1.29, 1.82) is 0 Å². The standard InChI is InChI=1S/C10H21Br/c1-3-5-7-10(9-11)8-6-4-2/h10H,3-9H2,1-2H3. The Kier molecular flexibility index (Phi) is 8.95. The fourth-order valence-corrected chi connectivity index (χ4v) is 1.93. The third-order valence-corrected chi connectivity index (χ3v) is 3.07. The quantitative estimate of drug-likeness (QED) is 0.559. The maximum atomic E-state index is 3.58. The monoisotopic (exact) mass is 220 g/mol. The summed E-state index contributed by atoms with van der Waals surface area (Å²) < 4.78 is 0. The molecule has 0 heterocycles. The number of alkyl halides is 1. The van der Waals surface area contributed by atoms with E-state index in [1.165, 1.54) is 43.9 Å². The topological polar surface area (TPSA) is 0 Å². The first-order valence-corrected chi connectivity index (χ1v) is 6.03. The molecule has 0 saturated carbocycles. The van der Waals surface area contributed by atoms with Gasteiger partial charge >= 0.3 is 0 Å². The van der Waals surface area contributed by atoms with Gasteiger partial charge in [0.25, 0.3) is 0 Å². The summed E-state index contributed by atoms with van der Waals surface area (Å²) in [7, 11) is 0. The highest BCUT2D eigenvalue weighted by Crippen LogP contribution is 2.17. The van der Waals surface area contributed by atoms with E-state index in [2.05, 4.69) is 29.8 Å². The van der Waals surface area contributed by atoms with Crippen molar-refractivity contribution in [2.75, 3.05) is 5.33 Å². The molecule has 0 atom stereocenters. The molecule has 0 aliphatic heterocycles. The van der Waals surface area contributed by atoms with Crippen LogP contribution in [0.4, 0.5) is 0 Å². The maximum Gasteiger partial charge on any atom is 0.00596 e. The summed E-state index contributed by atoms with van der Waals surface area (Å²) in [5, 5.41) is 1.20. The van der Waals surface area contributed by atoms with Crippen LogP contribution in [0.3, 0.4) is 0 Å². The van der Waals surface area contributed by atoms with E-state index in [0.717, 1.165) is 5.92 Å². The lowest BCUT2D eigenvalue weighted by atomic mass is 9.98. The Balaban J connectivity index is 3.25. The van der Waals surface area contributed by atoms with E-state index in [1.54, 1.807) is 0 Å². The largest absolute Gasteiger partial charge is 0.0925 e. The van der Waals surface area contributed by atoms with Crippen LogP contribution in [0.1, 0.15) is 52.4 Å². The Labute approximate surface area is 79.9 Å². The summed E-state index contributed by atoms with van der Waals surface area (Å²) in [6.45, 7) is 4.54. The van der Waals surface area contributed by atoms with E-state index < -0.39 is 0 Å². The molecule has 0 nitrogen and oxygen atoms in total. The molecule has 0 amide bonds. The third-order valence-electron chi connectivity index (χ3n) is 2.15. The summed E-state index contributed by atoms with van der Waals surface area (Å²) in [5.41, 5.74) is 0. The molecule has 68 valence electrons. The predicted octanol–water partition coefficient (Wildman–Crippen LogP) is 4.38. The molecule has 0 rings (SSSR count). The highest BCUT2D eigenvalue weighted by atomic mass is 79.9. The summed E-state index contributed by atoms with van der Waals surface area (Å²) in [6, 6.07) is 0. The maximum absolute atomic E-state index is 3.58. The van der Waals surface area contributed by atoms with Crippen LogP contribution < -0.4 is 0 Å². The Hall–Kier alpha value is 0.480. The molecule has 0 bridgehead atoms. The van der Waals surface area contributed by atoms with Gasteiger partial charge in [0.2, 0.25) is 0 Å². The molecule has 11 heavy (non-hydrogen) atoms. The van der Waals surface area contributed by atoms with Gasteiger partial charge in [-0.15, -0.1) is 0 Å². The highest BCUT2D eigenvalue weighted by Gasteiger charge is 2.04. The van der Waals surface area contributed by atoms with E-state index in [1.807, 2.05) is 0 Å². The first-order chi connectivity index (χ1) is 5.35. The zero-order valence-electron chi connectivity index (χ0n) is 7.91. The van der Waals surface area contributed by atoms with Crippen LogP contribution in [0.5, 0.6) is 0 Å². The minimum Gasteiger partial charge on any atom is -0.0925 e. The van der Waals surface area contributed by atoms with Gasteiger partial charge in [-0.1, -0.05) is 55.5 Å². The van der Waals surface area contributed by atoms with Crippen molar-refractivity contribution in [3.05, 3.63) is 0 Å². The Morgan fingerprint density at radius 3 is 1.73 bits per heavy atom. The second-order valence-corrected chi connectivity index (χ2v) is 3.95. The van der Waals surface area contributed by atoms with Crippen LogP contribution in [0.15, 0.2) is 0 Å².